The van der Waals surface area contributed by atoms with Gasteiger partial charge in [-0.05, 0) is 65.9 Å². The first-order chi connectivity index (χ1) is 19.0. The van der Waals surface area contributed by atoms with Crippen molar-refractivity contribution in [2.75, 3.05) is 46.4 Å². The first-order valence-corrected chi connectivity index (χ1v) is 12.9. The lowest BCUT2D eigenvalue weighted by Gasteiger charge is -2.31. The largest absolute Gasteiger partial charge is 0.493 e. The van der Waals surface area contributed by atoms with Gasteiger partial charge < -0.3 is 29.2 Å². The Labute approximate surface area is 228 Å². The molecule has 0 spiro atoms. The van der Waals surface area contributed by atoms with Crippen LogP contribution in [0.2, 0.25) is 0 Å². The highest BCUT2D eigenvalue weighted by molar-refractivity contribution is 6.07. The molecule has 0 saturated heterocycles. The van der Waals surface area contributed by atoms with Crippen LogP contribution in [-0.2, 0) is 19.4 Å². The van der Waals surface area contributed by atoms with E-state index in [0.717, 1.165) is 46.6 Å². The fraction of sp³-hybridized carbons (Fsp3) is 0.290. The maximum absolute atomic E-state index is 13.4. The van der Waals surface area contributed by atoms with Gasteiger partial charge in [0.2, 0.25) is 0 Å². The second kappa shape index (κ2) is 11.5. The van der Waals surface area contributed by atoms with Crippen LogP contribution < -0.4 is 29.2 Å². The van der Waals surface area contributed by atoms with Gasteiger partial charge in [0, 0.05) is 25.0 Å². The molecule has 202 valence electrons. The Morgan fingerprint density at radius 2 is 1.54 bits per heavy atom. The summed E-state index contributed by atoms with van der Waals surface area (Å²) in [5.41, 5.74) is 4.85. The van der Waals surface area contributed by atoms with Crippen molar-refractivity contribution < 1.29 is 23.7 Å². The topological polar surface area (TPSA) is 82.2 Å². The Morgan fingerprint density at radius 3 is 2.28 bits per heavy atom. The van der Waals surface area contributed by atoms with E-state index in [1.54, 1.807) is 28.4 Å². The molecule has 0 unspecified atom stereocenters. The summed E-state index contributed by atoms with van der Waals surface area (Å²) >= 11 is 0. The smallest absolute Gasteiger partial charge is 0.252 e. The number of carbonyl (C=O) groups is 1. The maximum atomic E-state index is 13.4. The molecule has 1 aromatic heterocycles. The predicted molar refractivity (Wildman–Crippen MR) is 152 cm³/mol. The molecule has 0 bridgehead atoms. The van der Waals surface area contributed by atoms with Crippen LogP contribution >= 0.6 is 0 Å². The molecule has 0 atom stereocenters. The fourth-order valence-corrected chi connectivity index (χ4v) is 5.04. The minimum absolute atomic E-state index is 0.126. The van der Waals surface area contributed by atoms with E-state index >= 15 is 0 Å². The Bertz CT molecular complexity index is 1500. The summed E-state index contributed by atoms with van der Waals surface area (Å²) in [6.45, 7) is 1.94. The molecule has 8 heteroatoms. The molecule has 1 N–H and O–H groups in total. The predicted octanol–water partition coefficient (Wildman–Crippen LogP) is 4.80. The average Bonchev–Trinajstić information content (AvgIpc) is 2.99. The van der Waals surface area contributed by atoms with Crippen LogP contribution in [0.25, 0.3) is 10.9 Å². The standard InChI is InChI=1S/C31H33N3O5/c1-36-26-10-9-20(15-27(26)37-2)11-13-32-31(35)24-18-30(33-25-8-6-5-7-23(24)25)34-14-12-21-16-28(38-3)29(39-4)17-22(21)19-34/h5-10,15-18H,11-14,19H2,1-4H3,(H,32,35). The molecule has 0 fully saturated rings. The molecule has 0 saturated carbocycles. The summed E-state index contributed by atoms with van der Waals surface area (Å²) in [6, 6.07) is 19.5. The zero-order valence-electron chi connectivity index (χ0n) is 22.7. The minimum atomic E-state index is -0.126. The zero-order valence-corrected chi connectivity index (χ0v) is 22.7. The summed E-state index contributed by atoms with van der Waals surface area (Å²) < 4.78 is 21.7. The van der Waals surface area contributed by atoms with Gasteiger partial charge in [-0.3, -0.25) is 4.79 Å². The highest BCUT2D eigenvalue weighted by Crippen LogP contribution is 2.35. The number of nitrogens with one attached hydrogen (secondary N) is 1. The van der Waals surface area contributed by atoms with Gasteiger partial charge in [0.05, 0.1) is 39.5 Å². The van der Waals surface area contributed by atoms with Gasteiger partial charge in [-0.2, -0.15) is 0 Å². The fourth-order valence-electron chi connectivity index (χ4n) is 5.04. The Hall–Kier alpha value is -4.46. The number of hydrogen-bond donors (Lipinski definition) is 1. The first kappa shape index (κ1) is 26.2. The van der Waals surface area contributed by atoms with E-state index in [-0.39, 0.29) is 5.91 Å². The van der Waals surface area contributed by atoms with Gasteiger partial charge in [0.1, 0.15) is 5.82 Å². The summed E-state index contributed by atoms with van der Waals surface area (Å²) in [5, 5.41) is 3.92. The minimum Gasteiger partial charge on any atom is -0.493 e. The Kier molecular flexibility index (Phi) is 7.72. The number of para-hydroxylation sites is 1. The van der Waals surface area contributed by atoms with Crippen LogP contribution in [0.15, 0.2) is 60.7 Å². The molecule has 0 aliphatic carbocycles. The Morgan fingerprint density at radius 1 is 0.846 bits per heavy atom. The lowest BCUT2D eigenvalue weighted by molar-refractivity contribution is 0.0955. The van der Waals surface area contributed by atoms with Gasteiger partial charge >= 0.3 is 0 Å². The van der Waals surface area contributed by atoms with Crippen LogP contribution in [0.1, 0.15) is 27.0 Å². The number of nitrogens with zero attached hydrogens (tertiary/aromatic N) is 2. The van der Waals surface area contributed by atoms with Crippen LogP contribution in [0.3, 0.4) is 0 Å². The molecular weight excluding hydrogens is 494 g/mol. The molecule has 2 heterocycles. The van der Waals surface area contributed by atoms with Gasteiger partial charge in [-0.1, -0.05) is 24.3 Å². The molecule has 0 radical (unpaired) electrons. The first-order valence-electron chi connectivity index (χ1n) is 12.9. The number of pyridine rings is 1. The van der Waals surface area contributed by atoms with Crippen molar-refractivity contribution >= 4 is 22.6 Å². The number of amides is 1. The van der Waals surface area contributed by atoms with Crippen molar-refractivity contribution in [1.82, 2.24) is 10.3 Å². The monoisotopic (exact) mass is 527 g/mol. The lowest BCUT2D eigenvalue weighted by Crippen LogP contribution is -2.32. The van der Waals surface area contributed by atoms with E-state index in [4.69, 9.17) is 23.9 Å². The molecule has 8 nitrogen and oxygen atoms in total. The number of carbonyl (C=O) groups excluding carboxylic acids is 1. The number of ether oxygens (including phenoxy) is 4. The third-order valence-corrected chi connectivity index (χ3v) is 7.14. The van der Waals surface area contributed by atoms with E-state index < -0.39 is 0 Å². The molecular formula is C31H33N3O5. The molecule has 39 heavy (non-hydrogen) atoms. The van der Waals surface area contributed by atoms with Gasteiger partial charge in [0.15, 0.2) is 23.0 Å². The van der Waals surface area contributed by atoms with E-state index in [0.29, 0.717) is 42.3 Å². The average molecular weight is 528 g/mol. The van der Waals surface area contributed by atoms with Crippen molar-refractivity contribution in [2.45, 2.75) is 19.4 Å². The normalized spacial score (nSPS) is 12.6. The summed E-state index contributed by atoms with van der Waals surface area (Å²) in [6.07, 6.45) is 1.51. The van der Waals surface area contributed by atoms with Gasteiger partial charge in [-0.15, -0.1) is 0 Å². The van der Waals surface area contributed by atoms with Gasteiger partial charge in [-0.25, -0.2) is 4.98 Å². The number of aromatic nitrogens is 1. The van der Waals surface area contributed by atoms with Crippen LogP contribution in [0.5, 0.6) is 23.0 Å². The molecule has 1 aliphatic heterocycles. The summed E-state index contributed by atoms with van der Waals surface area (Å²) in [5.74, 6) is 3.45. The number of benzene rings is 3. The van der Waals surface area contributed by atoms with Crippen molar-refractivity contribution in [3.05, 3.63) is 82.9 Å². The third kappa shape index (κ3) is 5.41. The molecule has 5 rings (SSSR count). The van der Waals surface area contributed by atoms with E-state index in [1.165, 1.54) is 5.56 Å². The molecule has 4 aromatic rings. The van der Waals surface area contributed by atoms with Crippen molar-refractivity contribution in [3.8, 4) is 23.0 Å². The van der Waals surface area contributed by atoms with Crippen LogP contribution in [0.4, 0.5) is 5.82 Å². The van der Waals surface area contributed by atoms with Gasteiger partial charge in [0.25, 0.3) is 5.91 Å². The second-order valence-corrected chi connectivity index (χ2v) is 9.39. The van der Waals surface area contributed by atoms with Crippen LogP contribution in [-0.4, -0.2) is 52.4 Å². The zero-order chi connectivity index (χ0) is 27.4. The van der Waals surface area contributed by atoms with Crippen molar-refractivity contribution in [1.29, 1.82) is 0 Å². The Balaban J connectivity index is 1.36. The lowest BCUT2D eigenvalue weighted by atomic mass is 9.98. The van der Waals surface area contributed by atoms with Crippen LogP contribution in [0, 0.1) is 0 Å². The van der Waals surface area contributed by atoms with Crippen molar-refractivity contribution in [2.24, 2.45) is 0 Å². The number of methoxy groups -OCH3 is 4. The highest BCUT2D eigenvalue weighted by Gasteiger charge is 2.22. The van der Waals surface area contributed by atoms with E-state index in [9.17, 15) is 4.79 Å². The van der Waals surface area contributed by atoms with Crippen molar-refractivity contribution in [3.63, 3.8) is 0 Å². The maximum Gasteiger partial charge on any atom is 0.252 e. The number of fused-ring (bicyclic) bond motifs is 2. The second-order valence-electron chi connectivity index (χ2n) is 9.39. The number of rotatable bonds is 9. The highest BCUT2D eigenvalue weighted by atomic mass is 16.5. The quantitative estimate of drug-likeness (QED) is 0.335. The SMILES string of the molecule is COc1ccc(CCNC(=O)c2cc(N3CCc4cc(OC)c(OC)cc4C3)nc3ccccc23)cc1OC. The summed E-state index contributed by atoms with van der Waals surface area (Å²) in [4.78, 5) is 20.6. The number of hydrogen-bond acceptors (Lipinski definition) is 7. The van der Waals surface area contributed by atoms with E-state index in [2.05, 4.69) is 16.3 Å². The third-order valence-electron chi connectivity index (χ3n) is 7.14. The number of anilines is 1. The molecule has 3 aromatic carbocycles. The molecule has 1 aliphatic rings. The molecule has 1 amide bonds. The van der Waals surface area contributed by atoms with E-state index in [1.807, 2.05) is 54.6 Å². The summed E-state index contributed by atoms with van der Waals surface area (Å²) in [7, 11) is 6.52.